The van der Waals surface area contributed by atoms with Crippen molar-refractivity contribution in [2.75, 3.05) is 6.54 Å². The van der Waals surface area contributed by atoms with Crippen LogP contribution in [0, 0.1) is 11.3 Å². The number of hydrogen-bond donors (Lipinski definition) is 1. The molecule has 2 unspecified atom stereocenters. The highest BCUT2D eigenvalue weighted by Crippen LogP contribution is 2.25. The molecule has 1 N–H and O–H groups in total. The summed E-state index contributed by atoms with van der Waals surface area (Å²) in [5.74, 6) is 0.675. The summed E-state index contributed by atoms with van der Waals surface area (Å²) < 4.78 is 0. The molecule has 0 heterocycles. The molecule has 1 aromatic carbocycles. The molecule has 0 saturated carbocycles. The van der Waals surface area contributed by atoms with E-state index in [-0.39, 0.29) is 0 Å². The van der Waals surface area contributed by atoms with Gasteiger partial charge >= 0.3 is 0 Å². The Hall–Kier alpha value is -0.820. The third kappa shape index (κ3) is 5.66. The van der Waals surface area contributed by atoms with Crippen LogP contribution in [-0.4, -0.2) is 6.54 Å². The van der Waals surface area contributed by atoms with Crippen LogP contribution in [0.1, 0.15) is 71.6 Å². The van der Waals surface area contributed by atoms with Crippen molar-refractivity contribution in [3.63, 3.8) is 0 Å². The monoisotopic (exact) mass is 275 g/mol. The molecule has 0 aliphatic carbocycles. The van der Waals surface area contributed by atoms with Gasteiger partial charge in [0.25, 0.3) is 0 Å². The number of benzene rings is 1. The molecule has 114 valence electrons. The fraction of sp³-hybridized carbons (Fsp3) is 0.684. The Bertz CT molecular complexity index is 372. The van der Waals surface area contributed by atoms with Gasteiger partial charge in [-0.15, -0.1) is 0 Å². The van der Waals surface area contributed by atoms with Gasteiger partial charge in [0.15, 0.2) is 0 Å². The molecule has 0 aliphatic heterocycles. The van der Waals surface area contributed by atoms with Crippen molar-refractivity contribution in [1.29, 1.82) is 0 Å². The Kier molecular flexibility index (Phi) is 6.75. The number of unbranched alkanes of at least 4 members (excludes halogenated alkanes) is 1. The summed E-state index contributed by atoms with van der Waals surface area (Å²) in [6.07, 6.45) is 3.76. The molecule has 0 fully saturated rings. The van der Waals surface area contributed by atoms with Crippen LogP contribution >= 0.6 is 0 Å². The van der Waals surface area contributed by atoms with Gasteiger partial charge in [-0.1, -0.05) is 65.3 Å². The summed E-state index contributed by atoms with van der Waals surface area (Å²) in [6, 6.07) is 9.57. The van der Waals surface area contributed by atoms with E-state index in [2.05, 4.69) is 71.1 Å². The van der Waals surface area contributed by atoms with Gasteiger partial charge in [-0.3, -0.25) is 0 Å². The smallest absolute Gasteiger partial charge is 0.0291 e. The Morgan fingerprint density at radius 3 is 2.15 bits per heavy atom. The van der Waals surface area contributed by atoms with Gasteiger partial charge in [0, 0.05) is 6.04 Å². The Labute approximate surface area is 126 Å². The van der Waals surface area contributed by atoms with Crippen LogP contribution in [0.25, 0.3) is 0 Å². The van der Waals surface area contributed by atoms with E-state index >= 15 is 0 Å². The van der Waals surface area contributed by atoms with Crippen molar-refractivity contribution >= 4 is 0 Å². The molecule has 0 bridgehead atoms. The molecule has 0 amide bonds. The second-order valence-electron chi connectivity index (χ2n) is 7.24. The third-order valence-electron chi connectivity index (χ3n) is 4.51. The van der Waals surface area contributed by atoms with Crippen molar-refractivity contribution in [2.24, 2.45) is 11.3 Å². The zero-order valence-corrected chi connectivity index (χ0v) is 14.3. The van der Waals surface area contributed by atoms with E-state index < -0.39 is 0 Å². The van der Waals surface area contributed by atoms with Gasteiger partial charge in [-0.05, 0) is 48.8 Å². The minimum Gasteiger partial charge on any atom is -0.310 e. The lowest BCUT2D eigenvalue weighted by Gasteiger charge is -2.29. The maximum absolute atomic E-state index is 3.67. The largest absolute Gasteiger partial charge is 0.310 e. The molecule has 0 aliphatic rings. The van der Waals surface area contributed by atoms with Crippen LogP contribution in [0.15, 0.2) is 24.3 Å². The molecule has 1 rings (SSSR count). The highest BCUT2D eigenvalue weighted by atomic mass is 14.9. The average Bonchev–Trinajstić information content (AvgIpc) is 2.41. The van der Waals surface area contributed by atoms with Crippen LogP contribution in [0.3, 0.4) is 0 Å². The molecule has 2 atom stereocenters. The minimum absolute atomic E-state index is 0.372. The quantitative estimate of drug-likeness (QED) is 0.706. The normalized spacial score (nSPS) is 15.1. The van der Waals surface area contributed by atoms with Crippen molar-refractivity contribution in [1.82, 2.24) is 5.32 Å². The van der Waals surface area contributed by atoms with E-state index in [4.69, 9.17) is 0 Å². The lowest BCUT2D eigenvalue weighted by molar-refractivity contribution is 0.247. The highest BCUT2D eigenvalue weighted by molar-refractivity contribution is 5.24. The third-order valence-corrected chi connectivity index (χ3v) is 4.51. The lowest BCUT2D eigenvalue weighted by atomic mass is 9.82. The molecule has 20 heavy (non-hydrogen) atoms. The van der Waals surface area contributed by atoms with E-state index in [0.717, 1.165) is 6.54 Å². The number of nitrogens with one attached hydrogen (secondary N) is 1. The first kappa shape index (κ1) is 17.2. The molecule has 1 heteroatoms. The number of hydrogen-bond acceptors (Lipinski definition) is 1. The van der Waals surface area contributed by atoms with Crippen LogP contribution in [0.2, 0.25) is 0 Å². The second kappa shape index (κ2) is 7.83. The van der Waals surface area contributed by atoms with Crippen molar-refractivity contribution in [3.05, 3.63) is 35.4 Å². The Morgan fingerprint density at radius 2 is 1.65 bits per heavy atom. The van der Waals surface area contributed by atoms with E-state index in [1.54, 1.807) is 0 Å². The molecule has 1 aromatic rings. The molecular formula is C19H33N. The van der Waals surface area contributed by atoms with Gasteiger partial charge in [-0.25, -0.2) is 0 Å². The van der Waals surface area contributed by atoms with Crippen LogP contribution in [0.4, 0.5) is 0 Å². The summed E-state index contributed by atoms with van der Waals surface area (Å²) in [5.41, 5.74) is 3.23. The SMILES string of the molecule is CCCCc1ccc(C(C)NCC(C)C(C)(C)C)cc1. The van der Waals surface area contributed by atoms with Crippen molar-refractivity contribution in [2.45, 2.75) is 66.8 Å². The predicted molar refractivity (Wildman–Crippen MR) is 90.1 cm³/mol. The lowest BCUT2D eigenvalue weighted by Crippen LogP contribution is -2.31. The molecule has 0 radical (unpaired) electrons. The maximum atomic E-state index is 3.67. The van der Waals surface area contributed by atoms with Gasteiger partial charge in [0.1, 0.15) is 0 Å². The first-order valence-electron chi connectivity index (χ1n) is 8.16. The van der Waals surface area contributed by atoms with E-state index in [1.165, 1.54) is 30.4 Å². The van der Waals surface area contributed by atoms with Gasteiger partial charge in [0.2, 0.25) is 0 Å². The van der Waals surface area contributed by atoms with Gasteiger partial charge < -0.3 is 5.32 Å². The molecule has 0 spiro atoms. The molecule has 1 nitrogen and oxygen atoms in total. The summed E-state index contributed by atoms with van der Waals surface area (Å²) in [7, 11) is 0. The standard InChI is InChI=1S/C19H33N/c1-7-8-9-17-10-12-18(13-11-17)16(3)20-14-15(2)19(4,5)6/h10-13,15-16,20H,7-9,14H2,1-6H3. The van der Waals surface area contributed by atoms with Gasteiger partial charge in [0.05, 0.1) is 0 Å². The Morgan fingerprint density at radius 1 is 1.05 bits per heavy atom. The number of aryl methyl sites for hydroxylation is 1. The van der Waals surface area contributed by atoms with Crippen molar-refractivity contribution in [3.8, 4) is 0 Å². The fourth-order valence-electron chi connectivity index (χ4n) is 2.13. The summed E-state index contributed by atoms with van der Waals surface area (Å²) in [6.45, 7) is 14.8. The van der Waals surface area contributed by atoms with Crippen LogP contribution in [-0.2, 0) is 6.42 Å². The van der Waals surface area contributed by atoms with Crippen molar-refractivity contribution < 1.29 is 0 Å². The second-order valence-corrected chi connectivity index (χ2v) is 7.24. The maximum Gasteiger partial charge on any atom is 0.0291 e. The molecule has 0 aromatic heterocycles. The summed E-state index contributed by atoms with van der Waals surface area (Å²) in [4.78, 5) is 0. The van der Waals surface area contributed by atoms with E-state index in [9.17, 15) is 0 Å². The van der Waals surface area contributed by atoms with Gasteiger partial charge in [-0.2, -0.15) is 0 Å². The summed E-state index contributed by atoms with van der Waals surface area (Å²) in [5, 5.41) is 3.67. The average molecular weight is 275 g/mol. The topological polar surface area (TPSA) is 12.0 Å². The number of rotatable bonds is 7. The summed E-state index contributed by atoms with van der Waals surface area (Å²) >= 11 is 0. The first-order valence-corrected chi connectivity index (χ1v) is 8.16. The van der Waals surface area contributed by atoms with Crippen LogP contribution < -0.4 is 5.32 Å². The Balaban J connectivity index is 2.49. The predicted octanol–water partition coefficient (Wildman–Crippen LogP) is 5.36. The fourth-order valence-corrected chi connectivity index (χ4v) is 2.13. The molecule has 0 saturated heterocycles. The first-order chi connectivity index (χ1) is 9.34. The van der Waals surface area contributed by atoms with E-state index in [1.807, 2.05) is 0 Å². The molecular weight excluding hydrogens is 242 g/mol. The zero-order chi connectivity index (χ0) is 15.2. The zero-order valence-electron chi connectivity index (χ0n) is 14.3. The highest BCUT2D eigenvalue weighted by Gasteiger charge is 2.20. The minimum atomic E-state index is 0.372. The van der Waals surface area contributed by atoms with E-state index in [0.29, 0.717) is 17.4 Å². The van der Waals surface area contributed by atoms with Crippen LogP contribution in [0.5, 0.6) is 0 Å².